The number of nitrogens with one attached hydrogen (secondary N) is 1. The largest absolute Gasteiger partial charge is 0.491 e. The molecule has 1 unspecified atom stereocenters. The van der Waals surface area contributed by atoms with Crippen molar-refractivity contribution in [1.29, 1.82) is 0 Å². The topological polar surface area (TPSA) is 58.6 Å². The lowest BCUT2D eigenvalue weighted by Crippen LogP contribution is -2.48. The van der Waals surface area contributed by atoms with Gasteiger partial charge in [-0.2, -0.15) is 0 Å². The number of piperidine rings is 1. The Morgan fingerprint density at radius 2 is 1.64 bits per heavy atom. The second-order valence-electron chi connectivity index (χ2n) is 7.40. The van der Waals surface area contributed by atoms with Crippen LogP contribution in [0.2, 0.25) is 0 Å². The highest BCUT2D eigenvalue weighted by atomic mass is 32.2. The number of rotatable bonds is 8. The average molecular weight is 369 g/mol. The van der Waals surface area contributed by atoms with Crippen molar-refractivity contribution >= 4 is 10.0 Å². The summed E-state index contributed by atoms with van der Waals surface area (Å²) in [5, 5.41) is 0. The smallest absolute Gasteiger partial charge is 0.240 e. The molecule has 1 aliphatic heterocycles. The van der Waals surface area contributed by atoms with Crippen LogP contribution in [0.1, 0.15) is 47.0 Å². The lowest BCUT2D eigenvalue weighted by molar-refractivity contribution is 0.130. The molecule has 1 saturated heterocycles. The normalized spacial score (nSPS) is 17.8. The molecule has 0 spiro atoms. The molecule has 25 heavy (non-hydrogen) atoms. The Morgan fingerprint density at radius 3 is 2.16 bits per heavy atom. The molecule has 1 aromatic rings. The number of nitrogens with zero attached hydrogens (tertiary/aromatic N) is 1. The summed E-state index contributed by atoms with van der Waals surface area (Å²) in [4.78, 5) is 2.71. The van der Waals surface area contributed by atoms with E-state index in [1.807, 2.05) is 13.8 Å². The Balaban J connectivity index is 2.01. The zero-order valence-corrected chi connectivity index (χ0v) is 16.7. The molecule has 5 nitrogen and oxygen atoms in total. The maximum atomic E-state index is 12.6. The molecule has 1 heterocycles. The summed E-state index contributed by atoms with van der Waals surface area (Å²) in [5.74, 6) is 1.09. The van der Waals surface area contributed by atoms with Gasteiger partial charge in [0.05, 0.1) is 11.0 Å². The van der Waals surface area contributed by atoms with Gasteiger partial charge in [-0.1, -0.05) is 20.3 Å². The molecule has 0 radical (unpaired) electrons. The van der Waals surface area contributed by atoms with Crippen LogP contribution in [0.3, 0.4) is 0 Å². The van der Waals surface area contributed by atoms with Gasteiger partial charge in [0.1, 0.15) is 5.75 Å². The van der Waals surface area contributed by atoms with Crippen molar-refractivity contribution in [2.45, 2.75) is 64.0 Å². The van der Waals surface area contributed by atoms with E-state index < -0.39 is 10.0 Å². The van der Waals surface area contributed by atoms with Gasteiger partial charge in [-0.15, -0.1) is 0 Å². The summed E-state index contributed by atoms with van der Waals surface area (Å²) < 4.78 is 33.6. The van der Waals surface area contributed by atoms with Gasteiger partial charge in [-0.3, -0.25) is 4.90 Å². The van der Waals surface area contributed by atoms with Crippen LogP contribution in [0.4, 0.5) is 0 Å². The second kappa shape index (κ2) is 9.01. The zero-order valence-electron chi connectivity index (χ0n) is 15.9. The first-order valence-electron chi connectivity index (χ1n) is 9.30. The van der Waals surface area contributed by atoms with Crippen LogP contribution in [0.25, 0.3) is 0 Å². The van der Waals surface area contributed by atoms with E-state index in [0.29, 0.717) is 18.2 Å². The van der Waals surface area contributed by atoms with Gasteiger partial charge in [0, 0.05) is 12.6 Å². The third-order valence-electron chi connectivity index (χ3n) is 4.62. The Hall–Kier alpha value is -1.11. The van der Waals surface area contributed by atoms with Crippen LogP contribution >= 0.6 is 0 Å². The second-order valence-corrected chi connectivity index (χ2v) is 9.16. The summed E-state index contributed by atoms with van der Waals surface area (Å²) >= 11 is 0. The molecule has 1 N–H and O–H groups in total. The summed E-state index contributed by atoms with van der Waals surface area (Å²) in [7, 11) is -3.50. The predicted molar refractivity (Wildman–Crippen MR) is 101 cm³/mol. The Morgan fingerprint density at radius 1 is 1.04 bits per heavy atom. The number of benzene rings is 1. The molecule has 0 aliphatic carbocycles. The minimum absolute atomic E-state index is 0.0666. The molecule has 0 saturated carbocycles. The van der Waals surface area contributed by atoms with E-state index in [1.165, 1.54) is 19.3 Å². The van der Waals surface area contributed by atoms with Gasteiger partial charge >= 0.3 is 0 Å². The number of ether oxygens (including phenoxy) is 1. The Kier molecular flexibility index (Phi) is 7.28. The SMILES string of the molecule is CC(C)Oc1ccc(S(=O)(=O)NCC(C(C)C)N2CCCCC2)cc1. The van der Waals surface area contributed by atoms with E-state index in [1.54, 1.807) is 24.3 Å². The van der Waals surface area contributed by atoms with E-state index >= 15 is 0 Å². The minimum Gasteiger partial charge on any atom is -0.491 e. The van der Waals surface area contributed by atoms with E-state index in [9.17, 15) is 8.42 Å². The number of hydrogen-bond donors (Lipinski definition) is 1. The number of likely N-dealkylation sites (tertiary alicyclic amines) is 1. The number of hydrogen-bond acceptors (Lipinski definition) is 4. The maximum absolute atomic E-state index is 12.6. The molecule has 6 heteroatoms. The molecule has 0 amide bonds. The molecule has 0 aromatic heterocycles. The molecular weight excluding hydrogens is 336 g/mol. The monoisotopic (exact) mass is 368 g/mol. The van der Waals surface area contributed by atoms with Crippen LogP contribution < -0.4 is 9.46 Å². The quantitative estimate of drug-likeness (QED) is 0.765. The molecule has 142 valence electrons. The van der Waals surface area contributed by atoms with Crippen LogP contribution in [0.15, 0.2) is 29.2 Å². The first-order valence-corrected chi connectivity index (χ1v) is 10.8. The first kappa shape index (κ1) is 20.2. The van der Waals surface area contributed by atoms with E-state index in [2.05, 4.69) is 23.5 Å². The van der Waals surface area contributed by atoms with Crippen molar-refractivity contribution in [2.24, 2.45) is 5.92 Å². The molecule has 1 aliphatic rings. The fraction of sp³-hybridized carbons (Fsp3) is 0.684. The average Bonchev–Trinajstić information content (AvgIpc) is 2.55. The lowest BCUT2D eigenvalue weighted by Gasteiger charge is -2.37. The minimum atomic E-state index is -3.50. The summed E-state index contributed by atoms with van der Waals surface area (Å²) in [6.07, 6.45) is 3.75. The fourth-order valence-corrected chi connectivity index (χ4v) is 4.34. The van der Waals surface area contributed by atoms with Gasteiger partial charge in [-0.25, -0.2) is 13.1 Å². The highest BCUT2D eigenvalue weighted by Crippen LogP contribution is 2.19. The molecule has 2 rings (SSSR count). The van der Waals surface area contributed by atoms with Crippen molar-refractivity contribution < 1.29 is 13.2 Å². The highest BCUT2D eigenvalue weighted by Gasteiger charge is 2.25. The van der Waals surface area contributed by atoms with Crippen molar-refractivity contribution in [2.75, 3.05) is 19.6 Å². The lowest BCUT2D eigenvalue weighted by atomic mass is 9.99. The van der Waals surface area contributed by atoms with Gasteiger partial charge < -0.3 is 4.74 Å². The summed E-state index contributed by atoms with van der Waals surface area (Å²) in [5.41, 5.74) is 0. The molecular formula is C19H32N2O3S. The molecule has 1 fully saturated rings. The van der Waals surface area contributed by atoms with Crippen molar-refractivity contribution in [3.05, 3.63) is 24.3 Å². The number of sulfonamides is 1. The Labute approximate surface area is 152 Å². The predicted octanol–water partition coefficient (Wildman–Crippen LogP) is 3.26. The molecule has 1 atom stereocenters. The standard InChI is InChI=1S/C19H32N2O3S/c1-15(2)19(21-12-6-5-7-13-21)14-20-25(22,23)18-10-8-17(9-11-18)24-16(3)4/h8-11,15-16,19-20H,5-7,12-14H2,1-4H3. The third kappa shape index (κ3) is 5.97. The highest BCUT2D eigenvalue weighted by molar-refractivity contribution is 7.89. The van der Waals surface area contributed by atoms with E-state index in [0.717, 1.165) is 13.1 Å². The van der Waals surface area contributed by atoms with Crippen molar-refractivity contribution in [3.8, 4) is 5.75 Å². The Bertz CT molecular complexity index is 621. The van der Waals surface area contributed by atoms with Gasteiger partial charge in [0.25, 0.3) is 0 Å². The third-order valence-corrected chi connectivity index (χ3v) is 6.06. The summed E-state index contributed by atoms with van der Waals surface area (Å²) in [6.45, 7) is 10.8. The van der Waals surface area contributed by atoms with Crippen LogP contribution in [-0.2, 0) is 10.0 Å². The van der Waals surface area contributed by atoms with Gasteiger partial charge in [-0.05, 0) is 70.0 Å². The van der Waals surface area contributed by atoms with Crippen LogP contribution in [0.5, 0.6) is 5.75 Å². The van der Waals surface area contributed by atoms with Crippen molar-refractivity contribution in [3.63, 3.8) is 0 Å². The maximum Gasteiger partial charge on any atom is 0.240 e. The van der Waals surface area contributed by atoms with Gasteiger partial charge in [0.15, 0.2) is 0 Å². The van der Waals surface area contributed by atoms with E-state index in [4.69, 9.17) is 4.74 Å². The zero-order chi connectivity index (χ0) is 18.4. The molecule has 0 bridgehead atoms. The summed E-state index contributed by atoms with van der Waals surface area (Å²) in [6, 6.07) is 6.85. The van der Waals surface area contributed by atoms with Crippen LogP contribution in [-0.4, -0.2) is 45.1 Å². The first-order chi connectivity index (χ1) is 11.8. The fourth-order valence-electron chi connectivity index (χ4n) is 3.28. The molecule has 1 aromatic carbocycles. The van der Waals surface area contributed by atoms with Crippen molar-refractivity contribution in [1.82, 2.24) is 9.62 Å². The van der Waals surface area contributed by atoms with Crippen LogP contribution in [0, 0.1) is 5.92 Å². The van der Waals surface area contributed by atoms with E-state index in [-0.39, 0.29) is 17.0 Å². The van der Waals surface area contributed by atoms with Gasteiger partial charge in [0.2, 0.25) is 10.0 Å².